The van der Waals surface area contributed by atoms with Crippen LogP contribution in [-0.2, 0) is 14.3 Å². The molecule has 0 aliphatic carbocycles. The number of hydrogen-bond acceptors (Lipinski definition) is 3. The van der Waals surface area contributed by atoms with Crippen LogP contribution in [0.3, 0.4) is 0 Å². The lowest BCUT2D eigenvalue weighted by Gasteiger charge is -2.02. The van der Waals surface area contributed by atoms with E-state index in [0.717, 1.165) is 12.0 Å². The smallest absolute Gasteiger partial charge is 0.253 e. The number of aryl methyl sites for hydroxylation is 1. The first-order valence-electron chi connectivity index (χ1n) is 5.83. The molecular weight excluding hydrogens is 248 g/mol. The molecule has 1 aromatic carbocycles. The fourth-order valence-corrected chi connectivity index (χ4v) is 2.03. The maximum atomic E-state index is 11.8. The molecule has 0 amide bonds. The summed E-state index contributed by atoms with van der Waals surface area (Å²) in [5.41, 5.74) is 1.01. The van der Waals surface area contributed by atoms with Crippen LogP contribution in [-0.4, -0.2) is 15.0 Å². The van der Waals surface area contributed by atoms with Gasteiger partial charge in [-0.3, -0.25) is 4.18 Å². The van der Waals surface area contributed by atoms with Crippen LogP contribution in [0.1, 0.15) is 25.8 Å². The molecule has 1 rings (SSSR count). The minimum atomic E-state index is -3.68. The monoisotopic (exact) mass is 266 g/mol. The van der Waals surface area contributed by atoms with Crippen LogP contribution in [0, 0.1) is 24.7 Å². The third kappa shape index (κ3) is 4.91. The molecule has 0 aromatic heterocycles. The van der Waals surface area contributed by atoms with Crippen molar-refractivity contribution in [3.8, 4) is 11.8 Å². The summed E-state index contributed by atoms with van der Waals surface area (Å²) in [4.78, 5) is 0.166. The Morgan fingerprint density at radius 2 is 1.78 bits per heavy atom. The zero-order chi connectivity index (χ0) is 13.6. The molecule has 0 fully saturated rings. The normalized spacial score (nSPS) is 11.1. The van der Waals surface area contributed by atoms with Crippen molar-refractivity contribution in [2.24, 2.45) is 5.92 Å². The highest BCUT2D eigenvalue weighted by atomic mass is 32.2. The average molecular weight is 266 g/mol. The zero-order valence-corrected chi connectivity index (χ0v) is 11.8. The van der Waals surface area contributed by atoms with Crippen molar-refractivity contribution in [3.63, 3.8) is 0 Å². The summed E-state index contributed by atoms with van der Waals surface area (Å²) in [6, 6.07) is 6.54. The summed E-state index contributed by atoms with van der Waals surface area (Å²) >= 11 is 0. The minimum absolute atomic E-state index is 0.0943. The van der Waals surface area contributed by atoms with Crippen molar-refractivity contribution < 1.29 is 12.6 Å². The highest BCUT2D eigenvalue weighted by Crippen LogP contribution is 2.12. The molecular formula is C14H18O3S. The predicted octanol–water partition coefficient (Wildman–Crippen LogP) is 2.75. The van der Waals surface area contributed by atoms with Gasteiger partial charge < -0.3 is 0 Å². The van der Waals surface area contributed by atoms with Crippen LogP contribution in [0.2, 0.25) is 0 Å². The number of hydrogen-bond donors (Lipinski definition) is 0. The lowest BCUT2D eigenvalue weighted by molar-refractivity contribution is 0.363. The maximum absolute atomic E-state index is 11.8. The molecule has 0 aliphatic rings. The van der Waals surface area contributed by atoms with E-state index in [1.807, 2.05) is 6.92 Å². The van der Waals surface area contributed by atoms with Gasteiger partial charge in [-0.2, -0.15) is 8.42 Å². The van der Waals surface area contributed by atoms with E-state index >= 15 is 0 Å². The molecule has 98 valence electrons. The third-order valence-corrected chi connectivity index (χ3v) is 3.51. The third-order valence-electron chi connectivity index (χ3n) is 2.23. The highest BCUT2D eigenvalue weighted by molar-refractivity contribution is 7.86. The molecule has 0 unspecified atom stereocenters. The zero-order valence-electron chi connectivity index (χ0n) is 10.9. The van der Waals surface area contributed by atoms with Crippen LogP contribution < -0.4 is 0 Å². The molecule has 1 aromatic rings. The summed E-state index contributed by atoms with van der Waals surface area (Å²) in [5, 5.41) is 0. The summed E-state index contributed by atoms with van der Waals surface area (Å²) in [5.74, 6) is 6.06. The van der Waals surface area contributed by atoms with Gasteiger partial charge in [0, 0.05) is 6.42 Å². The molecule has 0 saturated heterocycles. The van der Waals surface area contributed by atoms with Crippen molar-refractivity contribution in [2.75, 3.05) is 6.61 Å². The fraction of sp³-hybridized carbons (Fsp3) is 0.429. The Balaban J connectivity index is 2.60. The molecule has 0 saturated carbocycles. The molecule has 18 heavy (non-hydrogen) atoms. The van der Waals surface area contributed by atoms with Gasteiger partial charge >= 0.3 is 0 Å². The minimum Gasteiger partial charge on any atom is -0.253 e. The van der Waals surface area contributed by atoms with Gasteiger partial charge in [0.25, 0.3) is 10.1 Å². The van der Waals surface area contributed by atoms with Gasteiger partial charge in [-0.25, -0.2) is 0 Å². The second kappa shape index (κ2) is 6.58. The first-order valence-corrected chi connectivity index (χ1v) is 7.24. The lowest BCUT2D eigenvalue weighted by atomic mass is 10.1. The van der Waals surface area contributed by atoms with Crippen LogP contribution >= 0.6 is 0 Å². The van der Waals surface area contributed by atoms with Crippen LogP contribution in [0.25, 0.3) is 0 Å². The first kappa shape index (κ1) is 14.7. The van der Waals surface area contributed by atoms with Gasteiger partial charge in [-0.15, -0.1) is 5.92 Å². The molecule has 0 atom stereocenters. The molecule has 0 aliphatic heterocycles. The second-order valence-electron chi connectivity index (χ2n) is 4.48. The van der Waals surface area contributed by atoms with Crippen LogP contribution in [0.5, 0.6) is 0 Å². The summed E-state index contributed by atoms with van der Waals surface area (Å²) in [6.45, 7) is 5.91. The van der Waals surface area contributed by atoms with E-state index in [0.29, 0.717) is 5.92 Å². The standard InChI is InChI=1S/C14H18O3S/c1-12(2)6-4-5-11-17-18(15,16)14-9-7-13(3)8-10-14/h7-10,12H,6,11H2,1-3H3. The molecule has 0 radical (unpaired) electrons. The predicted molar refractivity (Wildman–Crippen MR) is 71.5 cm³/mol. The highest BCUT2D eigenvalue weighted by Gasteiger charge is 2.13. The van der Waals surface area contributed by atoms with Crippen molar-refractivity contribution in [3.05, 3.63) is 29.8 Å². The van der Waals surface area contributed by atoms with E-state index in [2.05, 4.69) is 25.7 Å². The largest absolute Gasteiger partial charge is 0.297 e. The van der Waals surface area contributed by atoms with E-state index in [1.165, 1.54) is 12.1 Å². The van der Waals surface area contributed by atoms with Crippen LogP contribution in [0.4, 0.5) is 0 Å². The van der Waals surface area contributed by atoms with Crippen molar-refractivity contribution >= 4 is 10.1 Å². The van der Waals surface area contributed by atoms with Gasteiger partial charge in [0.1, 0.15) is 6.61 Å². The van der Waals surface area contributed by atoms with Gasteiger partial charge in [-0.05, 0) is 25.0 Å². The SMILES string of the molecule is Cc1ccc(S(=O)(=O)OCC#CCC(C)C)cc1. The lowest BCUT2D eigenvalue weighted by Crippen LogP contribution is -2.06. The summed E-state index contributed by atoms with van der Waals surface area (Å²) in [6.07, 6.45) is 0.744. The fourth-order valence-electron chi connectivity index (χ4n) is 1.21. The van der Waals surface area contributed by atoms with E-state index in [9.17, 15) is 8.42 Å². The molecule has 0 spiro atoms. The average Bonchev–Trinajstić information content (AvgIpc) is 2.28. The molecule has 0 heterocycles. The van der Waals surface area contributed by atoms with Crippen LogP contribution in [0.15, 0.2) is 29.2 Å². The summed E-state index contributed by atoms with van der Waals surface area (Å²) in [7, 11) is -3.68. The van der Waals surface area contributed by atoms with Crippen molar-refractivity contribution in [1.82, 2.24) is 0 Å². The number of rotatable bonds is 4. The van der Waals surface area contributed by atoms with Gasteiger partial charge in [0.05, 0.1) is 4.90 Å². The Hall–Kier alpha value is -1.31. The van der Waals surface area contributed by atoms with E-state index in [4.69, 9.17) is 4.18 Å². The molecule has 3 nitrogen and oxygen atoms in total. The summed E-state index contributed by atoms with van der Waals surface area (Å²) < 4.78 is 28.3. The number of benzene rings is 1. The Kier molecular flexibility index (Phi) is 5.39. The van der Waals surface area contributed by atoms with Gasteiger partial charge in [0.15, 0.2) is 0 Å². The topological polar surface area (TPSA) is 43.4 Å². The quantitative estimate of drug-likeness (QED) is 0.621. The molecule has 0 bridgehead atoms. The Labute approximate surface area is 109 Å². The van der Waals surface area contributed by atoms with Crippen molar-refractivity contribution in [1.29, 1.82) is 0 Å². The molecule has 4 heteroatoms. The van der Waals surface area contributed by atoms with Gasteiger partial charge in [-0.1, -0.05) is 37.5 Å². The Bertz CT molecular complexity index is 531. The van der Waals surface area contributed by atoms with Crippen molar-refractivity contribution in [2.45, 2.75) is 32.1 Å². The first-order chi connectivity index (χ1) is 8.42. The Morgan fingerprint density at radius 3 is 2.33 bits per heavy atom. The van der Waals surface area contributed by atoms with Gasteiger partial charge in [0.2, 0.25) is 0 Å². The Morgan fingerprint density at radius 1 is 1.17 bits per heavy atom. The maximum Gasteiger partial charge on any atom is 0.297 e. The van der Waals surface area contributed by atoms with E-state index in [1.54, 1.807) is 12.1 Å². The van der Waals surface area contributed by atoms with E-state index < -0.39 is 10.1 Å². The second-order valence-corrected chi connectivity index (χ2v) is 6.10. The molecule has 0 N–H and O–H groups in total. The van der Waals surface area contributed by atoms with E-state index in [-0.39, 0.29) is 11.5 Å².